The quantitative estimate of drug-likeness (QED) is 0.687. The third-order valence-corrected chi connectivity index (χ3v) is 3.29. The van der Waals surface area contributed by atoms with Crippen molar-refractivity contribution in [2.75, 3.05) is 13.1 Å². The maximum Gasteiger partial charge on any atom is 0.308 e. The minimum atomic E-state index is -0.872. The number of nitrogens with two attached hydrogens (primary N) is 1. The molecule has 5 nitrogen and oxygen atoms in total. The molecule has 1 saturated carbocycles. The second-order valence-corrected chi connectivity index (χ2v) is 4.88. The number of amides is 1. The van der Waals surface area contributed by atoms with Gasteiger partial charge in [-0.3, -0.25) is 9.59 Å². The molecule has 1 aliphatic rings. The largest absolute Gasteiger partial charge is 0.481 e. The Morgan fingerprint density at radius 1 is 1.47 bits per heavy atom. The average Bonchev–Trinajstić information content (AvgIpc) is 3.08. The van der Waals surface area contributed by atoms with Crippen LogP contribution >= 0.6 is 0 Å². The molecule has 0 aliphatic heterocycles. The minimum absolute atomic E-state index is 0.0278. The van der Waals surface area contributed by atoms with Gasteiger partial charge in [0.25, 0.3) is 0 Å². The van der Waals surface area contributed by atoms with Crippen molar-refractivity contribution < 1.29 is 14.7 Å². The van der Waals surface area contributed by atoms with Gasteiger partial charge in [0.2, 0.25) is 5.91 Å². The minimum Gasteiger partial charge on any atom is -0.481 e. The van der Waals surface area contributed by atoms with E-state index in [1.807, 2.05) is 6.92 Å². The van der Waals surface area contributed by atoms with Gasteiger partial charge in [-0.25, -0.2) is 0 Å². The highest BCUT2D eigenvalue weighted by atomic mass is 16.4. The number of hydrogen-bond acceptors (Lipinski definition) is 3. The van der Waals surface area contributed by atoms with Crippen molar-refractivity contribution >= 4 is 11.9 Å². The molecule has 1 aliphatic carbocycles. The van der Waals surface area contributed by atoms with E-state index in [1.165, 1.54) is 0 Å². The summed E-state index contributed by atoms with van der Waals surface area (Å²) in [6.45, 7) is 4.27. The second-order valence-electron chi connectivity index (χ2n) is 4.88. The molecule has 17 heavy (non-hydrogen) atoms. The molecule has 0 spiro atoms. The summed E-state index contributed by atoms with van der Waals surface area (Å²) in [7, 11) is 0. The Morgan fingerprint density at radius 2 is 2.06 bits per heavy atom. The normalized spacial score (nSPS) is 18.5. The van der Waals surface area contributed by atoms with Gasteiger partial charge in [-0.1, -0.05) is 6.92 Å². The second kappa shape index (κ2) is 6.00. The Bertz CT molecular complexity index is 289. The van der Waals surface area contributed by atoms with Crippen molar-refractivity contribution in [2.24, 2.45) is 17.6 Å². The number of rotatable bonds is 7. The summed E-state index contributed by atoms with van der Waals surface area (Å²) in [5.74, 6) is -0.937. The standard InChI is InChI=1S/C12H22N2O3/c1-3-14(7-8(2)12(16)17)11(15)6-10(13)9-4-5-9/h8-10H,3-7,13H2,1-2H3,(H,16,17). The molecule has 0 aromatic heterocycles. The fourth-order valence-corrected chi connectivity index (χ4v) is 1.84. The van der Waals surface area contributed by atoms with Gasteiger partial charge in [0, 0.05) is 25.6 Å². The predicted octanol–water partition coefficient (Wildman–Crippen LogP) is 0.683. The lowest BCUT2D eigenvalue weighted by atomic mass is 10.1. The summed E-state index contributed by atoms with van der Waals surface area (Å²) in [5.41, 5.74) is 5.90. The Morgan fingerprint density at radius 3 is 2.47 bits per heavy atom. The molecule has 0 saturated heterocycles. The van der Waals surface area contributed by atoms with Crippen LogP contribution in [0.2, 0.25) is 0 Å². The van der Waals surface area contributed by atoms with Gasteiger partial charge in [-0.2, -0.15) is 0 Å². The van der Waals surface area contributed by atoms with E-state index in [0.29, 0.717) is 18.9 Å². The molecule has 1 amide bonds. The van der Waals surface area contributed by atoms with Gasteiger partial charge in [0.1, 0.15) is 0 Å². The third kappa shape index (κ3) is 4.34. The van der Waals surface area contributed by atoms with Gasteiger partial charge >= 0.3 is 5.97 Å². The molecule has 2 unspecified atom stereocenters. The molecule has 2 atom stereocenters. The Labute approximate surface area is 102 Å². The summed E-state index contributed by atoms with van der Waals surface area (Å²) >= 11 is 0. The number of hydrogen-bond donors (Lipinski definition) is 2. The van der Waals surface area contributed by atoms with Crippen LogP contribution < -0.4 is 5.73 Å². The highest BCUT2D eigenvalue weighted by Gasteiger charge is 2.31. The first kappa shape index (κ1) is 14.0. The monoisotopic (exact) mass is 242 g/mol. The van der Waals surface area contributed by atoms with Crippen molar-refractivity contribution in [1.29, 1.82) is 0 Å². The summed E-state index contributed by atoms with van der Waals surface area (Å²) in [5, 5.41) is 8.83. The van der Waals surface area contributed by atoms with Crippen molar-refractivity contribution in [3.05, 3.63) is 0 Å². The highest BCUT2D eigenvalue weighted by Crippen LogP contribution is 2.33. The van der Waals surface area contributed by atoms with Crippen LogP contribution in [0.3, 0.4) is 0 Å². The molecule has 3 N–H and O–H groups in total. The lowest BCUT2D eigenvalue weighted by Crippen LogP contribution is -2.40. The van der Waals surface area contributed by atoms with Crippen molar-refractivity contribution in [3.8, 4) is 0 Å². The van der Waals surface area contributed by atoms with Crippen LogP contribution in [0.1, 0.15) is 33.1 Å². The van der Waals surface area contributed by atoms with Crippen LogP contribution in [0.4, 0.5) is 0 Å². The number of carboxylic acids is 1. The van der Waals surface area contributed by atoms with E-state index in [2.05, 4.69) is 0 Å². The van der Waals surface area contributed by atoms with Crippen LogP contribution in [-0.4, -0.2) is 41.0 Å². The zero-order valence-electron chi connectivity index (χ0n) is 10.6. The highest BCUT2D eigenvalue weighted by molar-refractivity contribution is 5.78. The van der Waals surface area contributed by atoms with Crippen LogP contribution in [0, 0.1) is 11.8 Å². The lowest BCUT2D eigenvalue weighted by Gasteiger charge is -2.24. The summed E-state index contributed by atoms with van der Waals surface area (Å²) < 4.78 is 0. The molecular formula is C12H22N2O3. The molecule has 0 aromatic carbocycles. The lowest BCUT2D eigenvalue weighted by molar-refractivity contribution is -0.143. The van der Waals surface area contributed by atoms with E-state index in [0.717, 1.165) is 12.8 Å². The molecule has 0 radical (unpaired) electrons. The van der Waals surface area contributed by atoms with Crippen molar-refractivity contribution in [1.82, 2.24) is 4.90 Å². The number of carbonyl (C=O) groups is 2. The van der Waals surface area contributed by atoms with Gasteiger partial charge < -0.3 is 15.7 Å². The first-order valence-corrected chi connectivity index (χ1v) is 6.21. The Kier molecular flexibility index (Phi) is 4.93. The van der Waals surface area contributed by atoms with Crippen molar-refractivity contribution in [2.45, 2.75) is 39.2 Å². The SMILES string of the molecule is CCN(CC(C)C(=O)O)C(=O)CC(N)C1CC1. The molecular weight excluding hydrogens is 220 g/mol. The number of nitrogens with zero attached hydrogens (tertiary/aromatic N) is 1. The summed E-state index contributed by atoms with van der Waals surface area (Å²) in [6, 6.07) is -0.0586. The maximum absolute atomic E-state index is 11.9. The molecule has 1 rings (SSSR count). The molecule has 98 valence electrons. The van der Waals surface area contributed by atoms with Crippen molar-refractivity contribution in [3.63, 3.8) is 0 Å². The molecule has 1 fully saturated rings. The number of aliphatic carboxylic acids is 1. The van der Waals surface area contributed by atoms with E-state index in [-0.39, 0.29) is 18.5 Å². The van der Waals surface area contributed by atoms with Gasteiger partial charge in [0.05, 0.1) is 5.92 Å². The molecule has 0 bridgehead atoms. The predicted molar refractivity (Wildman–Crippen MR) is 64.4 cm³/mol. The average molecular weight is 242 g/mol. The van der Waals surface area contributed by atoms with Gasteiger partial charge in [-0.05, 0) is 25.7 Å². The Balaban J connectivity index is 2.42. The van der Waals surface area contributed by atoms with E-state index in [9.17, 15) is 9.59 Å². The first-order valence-electron chi connectivity index (χ1n) is 6.21. The number of carboxylic acid groups (broad SMARTS) is 1. The summed E-state index contributed by atoms with van der Waals surface area (Å²) in [4.78, 5) is 24.3. The maximum atomic E-state index is 11.9. The fourth-order valence-electron chi connectivity index (χ4n) is 1.84. The topological polar surface area (TPSA) is 83.6 Å². The van der Waals surface area contributed by atoms with Crippen LogP contribution in [0.5, 0.6) is 0 Å². The van der Waals surface area contributed by atoms with Crippen LogP contribution in [0.25, 0.3) is 0 Å². The smallest absolute Gasteiger partial charge is 0.308 e. The van der Waals surface area contributed by atoms with E-state index in [1.54, 1.807) is 11.8 Å². The fraction of sp³-hybridized carbons (Fsp3) is 0.833. The zero-order chi connectivity index (χ0) is 13.0. The molecule has 0 heterocycles. The van der Waals surface area contributed by atoms with Gasteiger partial charge in [0.15, 0.2) is 0 Å². The number of carbonyl (C=O) groups excluding carboxylic acids is 1. The molecule has 0 aromatic rings. The zero-order valence-corrected chi connectivity index (χ0v) is 10.6. The van der Waals surface area contributed by atoms with E-state index < -0.39 is 11.9 Å². The van der Waals surface area contributed by atoms with E-state index >= 15 is 0 Å². The van der Waals surface area contributed by atoms with E-state index in [4.69, 9.17) is 10.8 Å². The molecule has 5 heteroatoms. The third-order valence-electron chi connectivity index (χ3n) is 3.29. The van der Waals surface area contributed by atoms with Gasteiger partial charge in [-0.15, -0.1) is 0 Å². The Hall–Kier alpha value is -1.10. The first-order chi connectivity index (χ1) is 7.95. The van der Waals surface area contributed by atoms with Crippen LogP contribution in [0.15, 0.2) is 0 Å². The summed E-state index contributed by atoms with van der Waals surface area (Å²) in [6.07, 6.45) is 2.57. The van der Waals surface area contributed by atoms with Crippen LogP contribution in [-0.2, 0) is 9.59 Å².